The van der Waals surface area contributed by atoms with Crippen molar-refractivity contribution in [1.29, 1.82) is 0 Å². The molecule has 5 heteroatoms. The van der Waals surface area contributed by atoms with Crippen molar-refractivity contribution in [2.24, 2.45) is 7.05 Å². The normalized spacial score (nSPS) is 11.3. The van der Waals surface area contributed by atoms with Gasteiger partial charge in [-0.25, -0.2) is 4.98 Å². The van der Waals surface area contributed by atoms with E-state index in [1.54, 1.807) is 0 Å². The van der Waals surface area contributed by atoms with Crippen molar-refractivity contribution in [2.45, 2.75) is 6.42 Å². The van der Waals surface area contributed by atoms with Crippen molar-refractivity contribution in [3.05, 3.63) is 55.0 Å². The number of rotatable bonds is 5. The minimum Gasteiger partial charge on any atom is -0.478 e. The third-order valence-corrected chi connectivity index (χ3v) is 4.43. The quantitative estimate of drug-likeness (QED) is 0.567. The lowest BCUT2D eigenvalue weighted by Crippen LogP contribution is -2.00. The van der Waals surface area contributed by atoms with Gasteiger partial charge in [-0.15, -0.1) is 0 Å². The molecule has 0 amide bonds. The minimum absolute atomic E-state index is 0.124. The molecular weight excluding hydrogens is 314 g/mol. The number of hydrogen-bond acceptors (Lipinski definition) is 4. The summed E-state index contributed by atoms with van der Waals surface area (Å²) in [7, 11) is 2.07. The standard InChI is InChI=1S/C20H19N3O2/c1-23-18-7-8-21-13-17(18)16-5-3-14(11-19(16)23)15-4-6-20(22-12-15)25-10-2-9-24/h3-8,11-13,24H,2,9-10H2,1H3. The van der Waals surface area contributed by atoms with Gasteiger partial charge in [0, 0.05) is 66.6 Å². The summed E-state index contributed by atoms with van der Waals surface area (Å²) in [4.78, 5) is 8.60. The van der Waals surface area contributed by atoms with Crippen LogP contribution in [-0.2, 0) is 7.05 Å². The molecule has 3 aromatic heterocycles. The average molecular weight is 333 g/mol. The van der Waals surface area contributed by atoms with Crippen LogP contribution < -0.4 is 4.74 Å². The number of ether oxygens (including phenoxy) is 1. The van der Waals surface area contributed by atoms with Crippen molar-refractivity contribution in [1.82, 2.24) is 14.5 Å². The van der Waals surface area contributed by atoms with E-state index in [1.807, 2.05) is 36.8 Å². The second kappa shape index (κ2) is 6.53. The smallest absolute Gasteiger partial charge is 0.213 e. The summed E-state index contributed by atoms with van der Waals surface area (Å²) in [6, 6.07) is 12.3. The molecule has 0 saturated heterocycles. The molecule has 126 valence electrons. The van der Waals surface area contributed by atoms with E-state index in [2.05, 4.69) is 39.8 Å². The van der Waals surface area contributed by atoms with Crippen molar-refractivity contribution < 1.29 is 9.84 Å². The molecule has 1 aromatic carbocycles. The van der Waals surface area contributed by atoms with Crippen LogP contribution >= 0.6 is 0 Å². The van der Waals surface area contributed by atoms with Crippen LogP contribution in [0.5, 0.6) is 5.88 Å². The highest BCUT2D eigenvalue weighted by Crippen LogP contribution is 2.31. The highest BCUT2D eigenvalue weighted by molar-refractivity contribution is 6.08. The van der Waals surface area contributed by atoms with Gasteiger partial charge in [-0.2, -0.15) is 0 Å². The van der Waals surface area contributed by atoms with Gasteiger partial charge in [0.15, 0.2) is 0 Å². The second-order valence-electron chi connectivity index (χ2n) is 5.99. The van der Waals surface area contributed by atoms with Gasteiger partial charge in [-0.3, -0.25) is 4.98 Å². The van der Waals surface area contributed by atoms with Crippen LogP contribution in [0.25, 0.3) is 32.9 Å². The van der Waals surface area contributed by atoms with Gasteiger partial charge in [0.25, 0.3) is 0 Å². The van der Waals surface area contributed by atoms with Crippen LogP contribution in [0.1, 0.15) is 6.42 Å². The summed E-state index contributed by atoms with van der Waals surface area (Å²) in [5.74, 6) is 0.578. The summed E-state index contributed by atoms with van der Waals surface area (Å²) in [5, 5.41) is 11.2. The summed E-state index contributed by atoms with van der Waals surface area (Å²) >= 11 is 0. The Hall–Kier alpha value is -2.92. The number of aromatic nitrogens is 3. The first-order valence-corrected chi connectivity index (χ1v) is 8.30. The molecule has 3 heterocycles. The van der Waals surface area contributed by atoms with Gasteiger partial charge >= 0.3 is 0 Å². The highest BCUT2D eigenvalue weighted by atomic mass is 16.5. The summed E-state index contributed by atoms with van der Waals surface area (Å²) in [5.41, 5.74) is 4.50. The molecule has 4 aromatic rings. The van der Waals surface area contributed by atoms with Crippen LogP contribution in [0.2, 0.25) is 0 Å². The first kappa shape index (κ1) is 15.6. The second-order valence-corrected chi connectivity index (χ2v) is 5.99. The van der Waals surface area contributed by atoms with Crippen LogP contribution in [0.4, 0.5) is 0 Å². The van der Waals surface area contributed by atoms with Crippen molar-refractivity contribution >= 4 is 21.8 Å². The largest absolute Gasteiger partial charge is 0.478 e. The number of aliphatic hydroxyl groups is 1. The Morgan fingerprint density at radius 1 is 1.00 bits per heavy atom. The third-order valence-electron chi connectivity index (χ3n) is 4.43. The number of aliphatic hydroxyl groups excluding tert-OH is 1. The molecule has 0 unspecified atom stereocenters. The minimum atomic E-state index is 0.124. The maximum atomic E-state index is 8.79. The third kappa shape index (κ3) is 2.83. The van der Waals surface area contributed by atoms with E-state index in [1.165, 1.54) is 16.4 Å². The fourth-order valence-electron chi connectivity index (χ4n) is 3.11. The fraction of sp³-hybridized carbons (Fsp3) is 0.200. The van der Waals surface area contributed by atoms with Gasteiger partial charge in [-0.1, -0.05) is 12.1 Å². The summed E-state index contributed by atoms with van der Waals surface area (Å²) < 4.78 is 7.67. The van der Waals surface area contributed by atoms with Gasteiger partial charge in [0.05, 0.1) is 12.1 Å². The van der Waals surface area contributed by atoms with E-state index in [9.17, 15) is 0 Å². The number of aryl methyl sites for hydroxylation is 1. The molecule has 0 atom stereocenters. The summed E-state index contributed by atoms with van der Waals surface area (Å²) in [6.45, 7) is 0.595. The molecule has 0 spiro atoms. The molecule has 0 saturated carbocycles. The van der Waals surface area contributed by atoms with Crippen LogP contribution in [-0.4, -0.2) is 32.9 Å². The molecule has 0 aliphatic rings. The number of pyridine rings is 2. The Morgan fingerprint density at radius 3 is 2.68 bits per heavy atom. The van der Waals surface area contributed by atoms with E-state index in [0.29, 0.717) is 18.9 Å². The number of nitrogens with zero attached hydrogens (tertiary/aromatic N) is 3. The zero-order valence-electron chi connectivity index (χ0n) is 14.0. The zero-order valence-corrected chi connectivity index (χ0v) is 14.0. The fourth-order valence-corrected chi connectivity index (χ4v) is 3.11. The van der Waals surface area contributed by atoms with Gasteiger partial charge < -0.3 is 14.4 Å². The van der Waals surface area contributed by atoms with Gasteiger partial charge in [-0.05, 0) is 23.8 Å². The lowest BCUT2D eigenvalue weighted by molar-refractivity contribution is 0.229. The maximum absolute atomic E-state index is 8.79. The first-order chi connectivity index (χ1) is 12.3. The Balaban J connectivity index is 1.70. The molecule has 1 N–H and O–H groups in total. The lowest BCUT2D eigenvalue weighted by Gasteiger charge is -2.06. The molecule has 0 aliphatic heterocycles. The predicted octanol–water partition coefficient (Wildman–Crippen LogP) is 3.55. The van der Waals surface area contributed by atoms with Crippen LogP contribution in [0.15, 0.2) is 55.0 Å². The van der Waals surface area contributed by atoms with E-state index < -0.39 is 0 Å². The van der Waals surface area contributed by atoms with Crippen molar-refractivity contribution in [2.75, 3.05) is 13.2 Å². The van der Waals surface area contributed by atoms with Crippen LogP contribution in [0, 0.1) is 0 Å². The monoisotopic (exact) mass is 333 g/mol. The highest BCUT2D eigenvalue weighted by Gasteiger charge is 2.09. The number of hydrogen-bond donors (Lipinski definition) is 1. The SMILES string of the molecule is Cn1c2ccncc2c2ccc(-c3ccc(OCCCO)nc3)cc21. The van der Waals surface area contributed by atoms with E-state index >= 15 is 0 Å². The summed E-state index contributed by atoms with van der Waals surface area (Å²) in [6.07, 6.45) is 6.16. The maximum Gasteiger partial charge on any atom is 0.213 e. The lowest BCUT2D eigenvalue weighted by atomic mass is 10.1. The Morgan fingerprint density at radius 2 is 1.88 bits per heavy atom. The van der Waals surface area contributed by atoms with E-state index in [4.69, 9.17) is 9.84 Å². The molecule has 0 bridgehead atoms. The van der Waals surface area contributed by atoms with Gasteiger partial charge in [0.1, 0.15) is 0 Å². The molecule has 0 aliphatic carbocycles. The molecular formula is C20H19N3O2. The average Bonchev–Trinajstić information content (AvgIpc) is 2.95. The predicted molar refractivity (Wildman–Crippen MR) is 98.6 cm³/mol. The molecule has 0 fully saturated rings. The molecule has 0 radical (unpaired) electrons. The topological polar surface area (TPSA) is 60.2 Å². The first-order valence-electron chi connectivity index (χ1n) is 8.30. The van der Waals surface area contributed by atoms with E-state index in [-0.39, 0.29) is 6.61 Å². The Kier molecular flexibility index (Phi) is 4.07. The van der Waals surface area contributed by atoms with Crippen molar-refractivity contribution in [3.63, 3.8) is 0 Å². The van der Waals surface area contributed by atoms with Gasteiger partial charge in [0.2, 0.25) is 5.88 Å². The number of benzene rings is 1. The number of fused-ring (bicyclic) bond motifs is 3. The van der Waals surface area contributed by atoms with Crippen LogP contribution in [0.3, 0.4) is 0 Å². The molecule has 5 nitrogen and oxygen atoms in total. The zero-order chi connectivity index (χ0) is 17.2. The van der Waals surface area contributed by atoms with E-state index in [0.717, 1.165) is 16.5 Å². The molecule has 25 heavy (non-hydrogen) atoms. The van der Waals surface area contributed by atoms with Crippen molar-refractivity contribution in [3.8, 4) is 17.0 Å². The Bertz CT molecular complexity index is 1020. The molecule has 4 rings (SSSR count). The Labute approximate surface area is 145 Å².